The third-order valence-corrected chi connectivity index (χ3v) is 7.82. The quantitative estimate of drug-likeness (QED) is 0.355. The highest BCUT2D eigenvalue weighted by molar-refractivity contribution is 9.10. The van der Waals surface area contributed by atoms with Crippen molar-refractivity contribution in [2.75, 3.05) is 19.6 Å². The minimum Gasteiger partial charge on any atom is -0.508 e. The van der Waals surface area contributed by atoms with E-state index in [1.807, 2.05) is 54.6 Å². The number of urea groups is 1. The van der Waals surface area contributed by atoms with Gasteiger partial charge in [-0.1, -0.05) is 76.6 Å². The molecule has 0 aromatic heterocycles. The number of carbonyl (C=O) groups is 3. The number of hydrazine groups is 1. The molecular formula is C31H32BrN5O4. The lowest BCUT2D eigenvalue weighted by molar-refractivity contribution is -0.157. The van der Waals surface area contributed by atoms with E-state index in [0.717, 1.165) is 21.2 Å². The first-order chi connectivity index (χ1) is 19.8. The van der Waals surface area contributed by atoms with Gasteiger partial charge in [0, 0.05) is 24.0 Å². The molecule has 3 aromatic carbocycles. The van der Waals surface area contributed by atoms with Crippen LogP contribution in [0.1, 0.15) is 16.7 Å². The number of hydrogen-bond acceptors (Lipinski definition) is 5. The van der Waals surface area contributed by atoms with E-state index in [1.54, 1.807) is 45.2 Å². The number of halogens is 1. The summed E-state index contributed by atoms with van der Waals surface area (Å²) in [6, 6.07) is 22.9. The molecule has 212 valence electrons. The lowest BCUT2D eigenvalue weighted by atomic mass is 10.00. The number of benzene rings is 3. The normalized spacial score (nSPS) is 18.8. The minimum absolute atomic E-state index is 0.0403. The summed E-state index contributed by atoms with van der Waals surface area (Å²) in [5.74, 6) is -0.254. The van der Waals surface area contributed by atoms with Gasteiger partial charge in [-0.15, -0.1) is 6.58 Å². The fraction of sp³-hybridized carbons (Fsp3) is 0.258. The highest BCUT2D eigenvalue weighted by Crippen LogP contribution is 2.30. The van der Waals surface area contributed by atoms with Crippen LogP contribution >= 0.6 is 15.9 Å². The maximum atomic E-state index is 13.9. The Hall–Kier alpha value is -4.15. The van der Waals surface area contributed by atoms with Crippen molar-refractivity contribution in [3.05, 3.63) is 113 Å². The predicted molar refractivity (Wildman–Crippen MR) is 158 cm³/mol. The van der Waals surface area contributed by atoms with Gasteiger partial charge in [0.2, 0.25) is 11.8 Å². The summed E-state index contributed by atoms with van der Waals surface area (Å²) >= 11 is 3.50. The minimum atomic E-state index is -0.763. The second kappa shape index (κ2) is 12.6. The van der Waals surface area contributed by atoms with E-state index in [-0.39, 0.29) is 49.7 Å². The maximum absolute atomic E-state index is 13.9. The van der Waals surface area contributed by atoms with Crippen molar-refractivity contribution in [2.24, 2.45) is 0 Å². The number of phenols is 1. The largest absolute Gasteiger partial charge is 0.508 e. The number of amides is 4. The Balaban J connectivity index is 1.43. The van der Waals surface area contributed by atoms with Crippen molar-refractivity contribution in [1.82, 2.24) is 25.1 Å². The fourth-order valence-electron chi connectivity index (χ4n) is 5.39. The smallest absolute Gasteiger partial charge is 0.332 e. The second-order valence-electron chi connectivity index (χ2n) is 10.1. The van der Waals surface area contributed by atoms with Gasteiger partial charge < -0.3 is 20.2 Å². The van der Waals surface area contributed by atoms with Gasteiger partial charge in [0.15, 0.2) is 0 Å². The molecule has 4 amide bonds. The van der Waals surface area contributed by atoms with E-state index in [4.69, 9.17) is 0 Å². The Bertz CT molecular complexity index is 1420. The fourth-order valence-corrected chi connectivity index (χ4v) is 5.84. The zero-order valence-corrected chi connectivity index (χ0v) is 24.1. The first-order valence-corrected chi connectivity index (χ1v) is 14.2. The molecule has 0 radical (unpaired) electrons. The van der Waals surface area contributed by atoms with Crippen LogP contribution in [0.4, 0.5) is 4.79 Å². The summed E-state index contributed by atoms with van der Waals surface area (Å²) in [6.45, 7) is 4.92. The summed E-state index contributed by atoms with van der Waals surface area (Å²) in [5, 5.41) is 15.9. The first kappa shape index (κ1) is 28.4. The zero-order chi connectivity index (χ0) is 28.9. The number of rotatable bonds is 9. The molecule has 0 bridgehead atoms. The monoisotopic (exact) mass is 617 g/mol. The van der Waals surface area contributed by atoms with Crippen LogP contribution in [0.2, 0.25) is 0 Å². The molecule has 0 saturated carbocycles. The molecule has 2 fully saturated rings. The number of nitrogens with one attached hydrogen (secondary N) is 1. The first-order valence-electron chi connectivity index (χ1n) is 13.4. The third kappa shape index (κ3) is 6.44. The molecule has 2 heterocycles. The summed E-state index contributed by atoms with van der Waals surface area (Å²) in [5.41, 5.74) is 2.72. The van der Waals surface area contributed by atoms with Crippen molar-refractivity contribution >= 4 is 33.8 Å². The Morgan fingerprint density at radius 1 is 1.02 bits per heavy atom. The van der Waals surface area contributed by atoms with Crippen LogP contribution in [0.5, 0.6) is 5.75 Å². The van der Waals surface area contributed by atoms with Crippen molar-refractivity contribution in [2.45, 2.75) is 31.7 Å². The molecule has 3 aromatic rings. The lowest BCUT2D eigenvalue weighted by Gasteiger charge is -2.46. The van der Waals surface area contributed by atoms with E-state index in [9.17, 15) is 19.5 Å². The molecule has 2 atom stereocenters. The zero-order valence-electron chi connectivity index (χ0n) is 22.5. The van der Waals surface area contributed by atoms with E-state index in [0.29, 0.717) is 13.1 Å². The standard InChI is InChI=1S/C31H32BrN5O4/c1-2-15-35(31(41)33-18-23-7-4-3-5-8-23)36-21-29(39)37-27(17-22-11-13-26(38)14-12-22)30(40)34(20-28(36)37)19-24-9-6-10-25(32)16-24/h2-14,16,27-28,38H,1,15,17-21H2,(H,33,41)/t27-,28+/m0/s1. The molecule has 2 aliphatic rings. The molecule has 0 spiro atoms. The molecule has 5 rings (SSSR count). The average molecular weight is 619 g/mol. The van der Waals surface area contributed by atoms with Gasteiger partial charge >= 0.3 is 6.03 Å². The third-order valence-electron chi connectivity index (χ3n) is 7.33. The molecule has 2 saturated heterocycles. The second-order valence-corrected chi connectivity index (χ2v) is 11.0. The number of phenolic OH excluding ortho intramolecular Hbond substituents is 1. The molecule has 0 unspecified atom stereocenters. The Morgan fingerprint density at radius 3 is 2.46 bits per heavy atom. The topological polar surface area (TPSA) is 96.4 Å². The number of aromatic hydroxyl groups is 1. The van der Waals surface area contributed by atoms with Crippen molar-refractivity contribution in [3.63, 3.8) is 0 Å². The van der Waals surface area contributed by atoms with Gasteiger partial charge in [-0.25, -0.2) is 4.79 Å². The number of nitrogens with zero attached hydrogens (tertiary/aromatic N) is 4. The van der Waals surface area contributed by atoms with E-state index < -0.39 is 12.2 Å². The average Bonchev–Trinajstić information content (AvgIpc) is 3.29. The van der Waals surface area contributed by atoms with Gasteiger partial charge in [-0.05, 0) is 41.0 Å². The van der Waals surface area contributed by atoms with Crippen LogP contribution in [-0.4, -0.2) is 74.6 Å². The van der Waals surface area contributed by atoms with E-state index >= 15 is 0 Å². The van der Waals surface area contributed by atoms with Crippen LogP contribution in [0.3, 0.4) is 0 Å². The van der Waals surface area contributed by atoms with Crippen LogP contribution in [0.15, 0.2) is 96.0 Å². The van der Waals surface area contributed by atoms with Crippen molar-refractivity contribution in [1.29, 1.82) is 0 Å². The summed E-state index contributed by atoms with van der Waals surface area (Å²) in [6.07, 6.45) is 1.36. The Morgan fingerprint density at radius 2 is 1.76 bits per heavy atom. The van der Waals surface area contributed by atoms with Gasteiger partial charge in [-0.2, -0.15) is 5.01 Å². The van der Waals surface area contributed by atoms with Crippen LogP contribution < -0.4 is 5.32 Å². The lowest BCUT2D eigenvalue weighted by Crippen LogP contribution is -2.66. The molecule has 41 heavy (non-hydrogen) atoms. The van der Waals surface area contributed by atoms with Crippen LogP contribution in [-0.2, 0) is 29.1 Å². The molecular weight excluding hydrogens is 586 g/mol. The van der Waals surface area contributed by atoms with Gasteiger partial charge in [0.25, 0.3) is 0 Å². The molecule has 2 N–H and O–H groups in total. The SMILES string of the molecule is C=CCN(C(=O)NCc1ccccc1)N1CC(=O)N2[C@@H](Cc3ccc(O)cc3)C(=O)N(Cc3cccc(Br)c3)C[C@@H]21. The number of fused-ring (bicyclic) bond motifs is 1. The molecule has 9 nitrogen and oxygen atoms in total. The summed E-state index contributed by atoms with van der Waals surface area (Å²) in [7, 11) is 0. The number of carbonyl (C=O) groups excluding carboxylic acids is 3. The van der Waals surface area contributed by atoms with E-state index in [2.05, 4.69) is 27.8 Å². The summed E-state index contributed by atoms with van der Waals surface area (Å²) < 4.78 is 0.909. The molecule has 10 heteroatoms. The highest BCUT2D eigenvalue weighted by atomic mass is 79.9. The molecule has 0 aliphatic carbocycles. The maximum Gasteiger partial charge on any atom is 0.332 e. The van der Waals surface area contributed by atoms with Crippen LogP contribution in [0, 0.1) is 0 Å². The Labute approximate surface area is 247 Å². The molecule has 2 aliphatic heterocycles. The van der Waals surface area contributed by atoms with Crippen molar-refractivity contribution < 1.29 is 19.5 Å². The van der Waals surface area contributed by atoms with Gasteiger partial charge in [-0.3, -0.25) is 14.6 Å². The highest BCUT2D eigenvalue weighted by Gasteiger charge is 2.52. The van der Waals surface area contributed by atoms with Crippen molar-refractivity contribution in [3.8, 4) is 5.75 Å². The summed E-state index contributed by atoms with van der Waals surface area (Å²) in [4.78, 5) is 44.3. The number of hydrogen-bond donors (Lipinski definition) is 2. The van der Waals surface area contributed by atoms with Gasteiger partial charge in [0.05, 0.1) is 19.6 Å². The van der Waals surface area contributed by atoms with E-state index in [1.165, 1.54) is 5.01 Å². The predicted octanol–water partition coefficient (Wildman–Crippen LogP) is 3.89. The number of piperazine rings is 1. The Kier molecular flexibility index (Phi) is 8.70. The van der Waals surface area contributed by atoms with Crippen LogP contribution in [0.25, 0.3) is 0 Å². The van der Waals surface area contributed by atoms with Gasteiger partial charge in [0.1, 0.15) is 18.0 Å².